The van der Waals surface area contributed by atoms with Gasteiger partial charge in [-0.3, -0.25) is 0 Å². The van der Waals surface area contributed by atoms with Crippen LogP contribution in [0.5, 0.6) is 0 Å². The number of fused-ring (bicyclic) bond motifs is 1. The van der Waals surface area contributed by atoms with Gasteiger partial charge >= 0.3 is 0 Å². The van der Waals surface area contributed by atoms with Gasteiger partial charge < -0.3 is 5.73 Å². The van der Waals surface area contributed by atoms with Gasteiger partial charge in [-0.2, -0.15) is 0 Å². The number of rotatable bonds is 3. The molecule has 3 rings (SSSR count). The highest BCUT2D eigenvalue weighted by Crippen LogP contribution is 2.41. The molecule has 0 aromatic heterocycles. The van der Waals surface area contributed by atoms with E-state index in [0.29, 0.717) is 17.4 Å². The van der Waals surface area contributed by atoms with E-state index in [4.69, 9.17) is 5.73 Å². The summed E-state index contributed by atoms with van der Waals surface area (Å²) in [6, 6.07) is 9.44. The Balaban J connectivity index is 1.62. The first-order valence-corrected chi connectivity index (χ1v) is 8.88. The maximum absolute atomic E-state index is 6.62. The molecule has 1 heteroatoms. The topological polar surface area (TPSA) is 26.0 Å². The minimum atomic E-state index is 0.400. The molecule has 0 radical (unpaired) electrons. The minimum Gasteiger partial charge on any atom is -0.327 e. The molecular weight excluding hydrogens is 254 g/mol. The third-order valence-corrected chi connectivity index (χ3v) is 6.04. The van der Waals surface area contributed by atoms with Crippen molar-refractivity contribution in [2.45, 2.75) is 77.2 Å². The monoisotopic (exact) mass is 285 g/mol. The van der Waals surface area contributed by atoms with Crippen molar-refractivity contribution in [3.05, 3.63) is 35.4 Å². The first-order valence-electron chi connectivity index (χ1n) is 8.88. The van der Waals surface area contributed by atoms with Crippen LogP contribution in [0.2, 0.25) is 0 Å². The predicted octanol–water partition coefficient (Wildman–Crippen LogP) is 5.04. The maximum atomic E-state index is 6.62. The summed E-state index contributed by atoms with van der Waals surface area (Å²) in [5.74, 6) is 1.46. The Bertz CT molecular complexity index is 466. The molecular formula is C20H31N. The van der Waals surface area contributed by atoms with Crippen molar-refractivity contribution in [1.82, 2.24) is 0 Å². The Labute approximate surface area is 130 Å². The number of hydrogen-bond donors (Lipinski definition) is 1. The van der Waals surface area contributed by atoms with Gasteiger partial charge in [-0.1, -0.05) is 38.1 Å². The summed E-state index contributed by atoms with van der Waals surface area (Å²) in [5.41, 5.74) is 10.3. The second kappa shape index (κ2) is 6.12. The smallest absolute Gasteiger partial charge is 0.00729 e. The lowest BCUT2D eigenvalue weighted by molar-refractivity contribution is 0.167. The number of hydrogen-bond acceptors (Lipinski definition) is 1. The summed E-state index contributed by atoms with van der Waals surface area (Å²) in [4.78, 5) is 0. The third-order valence-electron chi connectivity index (χ3n) is 6.04. The molecule has 1 aromatic carbocycles. The third kappa shape index (κ3) is 3.51. The van der Waals surface area contributed by atoms with Crippen LogP contribution in [0.4, 0.5) is 0 Å². The van der Waals surface area contributed by atoms with Crippen molar-refractivity contribution in [1.29, 1.82) is 0 Å². The van der Waals surface area contributed by atoms with Gasteiger partial charge in [0.15, 0.2) is 0 Å². The van der Waals surface area contributed by atoms with Gasteiger partial charge in [0.25, 0.3) is 0 Å². The fourth-order valence-electron chi connectivity index (χ4n) is 4.47. The molecule has 2 aliphatic rings. The van der Waals surface area contributed by atoms with Gasteiger partial charge in [-0.15, -0.1) is 0 Å². The van der Waals surface area contributed by atoms with Crippen LogP contribution >= 0.6 is 0 Å². The molecule has 0 aliphatic heterocycles. The highest BCUT2D eigenvalue weighted by atomic mass is 14.7. The quantitative estimate of drug-likeness (QED) is 0.827. The summed E-state index contributed by atoms with van der Waals surface area (Å²) >= 11 is 0. The predicted molar refractivity (Wildman–Crippen MR) is 90.5 cm³/mol. The van der Waals surface area contributed by atoms with Crippen LogP contribution in [0.25, 0.3) is 0 Å². The van der Waals surface area contributed by atoms with Gasteiger partial charge in [0.2, 0.25) is 0 Å². The molecule has 21 heavy (non-hydrogen) atoms. The molecule has 1 aromatic rings. The van der Waals surface area contributed by atoms with Crippen molar-refractivity contribution >= 4 is 0 Å². The molecule has 0 heterocycles. The van der Waals surface area contributed by atoms with Crippen molar-refractivity contribution in [2.75, 3.05) is 0 Å². The number of nitrogens with two attached hydrogens (primary N) is 1. The minimum absolute atomic E-state index is 0.400. The molecule has 2 atom stereocenters. The van der Waals surface area contributed by atoms with Crippen molar-refractivity contribution in [3.63, 3.8) is 0 Å². The lowest BCUT2D eigenvalue weighted by atomic mass is 9.69. The van der Waals surface area contributed by atoms with E-state index in [0.717, 1.165) is 5.92 Å². The Hall–Kier alpha value is -0.820. The number of aryl methyl sites for hydroxylation is 1. The van der Waals surface area contributed by atoms with Crippen LogP contribution in [0, 0.1) is 11.3 Å². The summed E-state index contributed by atoms with van der Waals surface area (Å²) in [6.07, 6.45) is 10.5. The first kappa shape index (κ1) is 15.1. The van der Waals surface area contributed by atoms with Crippen LogP contribution in [0.1, 0.15) is 75.8 Å². The zero-order valence-electron chi connectivity index (χ0n) is 13.8. The molecule has 0 amide bonds. The Morgan fingerprint density at radius 3 is 2.62 bits per heavy atom. The van der Waals surface area contributed by atoms with Crippen LogP contribution in [-0.4, -0.2) is 6.04 Å². The number of benzene rings is 1. The lowest BCUT2D eigenvalue weighted by Gasteiger charge is -2.38. The van der Waals surface area contributed by atoms with Crippen molar-refractivity contribution in [2.24, 2.45) is 17.1 Å². The molecule has 0 saturated heterocycles. The molecule has 2 unspecified atom stereocenters. The highest BCUT2D eigenvalue weighted by molar-refractivity contribution is 5.32. The van der Waals surface area contributed by atoms with E-state index in [-0.39, 0.29) is 0 Å². The fourth-order valence-corrected chi connectivity index (χ4v) is 4.47. The second-order valence-corrected chi connectivity index (χ2v) is 8.19. The molecule has 0 spiro atoms. The van der Waals surface area contributed by atoms with Crippen LogP contribution < -0.4 is 5.73 Å². The van der Waals surface area contributed by atoms with Gasteiger partial charge in [0.1, 0.15) is 0 Å². The largest absolute Gasteiger partial charge is 0.327 e. The molecule has 2 aliphatic carbocycles. The van der Waals surface area contributed by atoms with Crippen LogP contribution in [0.3, 0.4) is 0 Å². The Kier molecular flexibility index (Phi) is 4.40. The SMILES string of the molecule is CC1(C)CCC(C(N)CC2CCCc3ccccc32)CC1. The first-order chi connectivity index (χ1) is 10.1. The summed E-state index contributed by atoms with van der Waals surface area (Å²) in [6.45, 7) is 4.82. The average Bonchev–Trinajstić information content (AvgIpc) is 2.47. The van der Waals surface area contributed by atoms with E-state index in [1.54, 1.807) is 11.1 Å². The molecule has 1 saturated carbocycles. The van der Waals surface area contributed by atoms with E-state index >= 15 is 0 Å². The van der Waals surface area contributed by atoms with E-state index < -0.39 is 0 Å². The van der Waals surface area contributed by atoms with Gasteiger partial charge in [-0.05, 0) is 79.7 Å². The van der Waals surface area contributed by atoms with E-state index in [1.165, 1.54) is 51.4 Å². The standard InChI is InChI=1S/C20H31N/c1-20(2)12-10-16(11-13-20)19(21)14-17-8-5-7-15-6-3-4-9-18(15)17/h3-4,6,9,16-17,19H,5,7-8,10-14,21H2,1-2H3. The zero-order valence-corrected chi connectivity index (χ0v) is 13.8. The summed E-state index contributed by atoms with van der Waals surface area (Å²) < 4.78 is 0. The van der Waals surface area contributed by atoms with E-state index in [2.05, 4.69) is 38.1 Å². The van der Waals surface area contributed by atoms with E-state index in [1.807, 2.05) is 0 Å². The molecule has 1 nitrogen and oxygen atoms in total. The second-order valence-electron chi connectivity index (χ2n) is 8.19. The zero-order chi connectivity index (χ0) is 14.9. The lowest BCUT2D eigenvalue weighted by Crippen LogP contribution is -2.36. The molecule has 1 fully saturated rings. The average molecular weight is 285 g/mol. The van der Waals surface area contributed by atoms with Crippen LogP contribution in [-0.2, 0) is 6.42 Å². The van der Waals surface area contributed by atoms with Crippen LogP contribution in [0.15, 0.2) is 24.3 Å². The Morgan fingerprint density at radius 2 is 1.86 bits per heavy atom. The molecule has 0 bridgehead atoms. The molecule has 2 N–H and O–H groups in total. The molecule has 116 valence electrons. The van der Waals surface area contributed by atoms with E-state index in [9.17, 15) is 0 Å². The van der Waals surface area contributed by atoms with Gasteiger partial charge in [-0.25, -0.2) is 0 Å². The summed E-state index contributed by atoms with van der Waals surface area (Å²) in [5, 5.41) is 0. The maximum Gasteiger partial charge on any atom is 0.00729 e. The van der Waals surface area contributed by atoms with Crippen molar-refractivity contribution in [3.8, 4) is 0 Å². The van der Waals surface area contributed by atoms with Crippen molar-refractivity contribution < 1.29 is 0 Å². The van der Waals surface area contributed by atoms with Gasteiger partial charge in [0, 0.05) is 6.04 Å². The summed E-state index contributed by atoms with van der Waals surface area (Å²) in [7, 11) is 0. The Morgan fingerprint density at radius 1 is 1.14 bits per heavy atom. The normalized spacial score (nSPS) is 27.1. The fraction of sp³-hybridized carbons (Fsp3) is 0.700. The van der Waals surface area contributed by atoms with Gasteiger partial charge in [0.05, 0.1) is 0 Å². The highest BCUT2D eigenvalue weighted by Gasteiger charge is 2.31.